The van der Waals surface area contributed by atoms with Gasteiger partial charge in [0.05, 0.1) is 0 Å². The van der Waals surface area contributed by atoms with E-state index in [0.29, 0.717) is 12.4 Å². The van der Waals surface area contributed by atoms with Crippen LogP contribution < -0.4 is 0 Å². The molecule has 0 aliphatic heterocycles. The summed E-state index contributed by atoms with van der Waals surface area (Å²) in [6.45, 7) is 6.25. The Morgan fingerprint density at radius 3 is 2.67 bits per heavy atom. The average Bonchev–Trinajstić information content (AvgIpc) is 2.87. The summed E-state index contributed by atoms with van der Waals surface area (Å²) < 4.78 is 13.1. The van der Waals surface area contributed by atoms with Crippen LogP contribution in [0.25, 0.3) is 0 Å². The highest BCUT2D eigenvalue weighted by atomic mass is 19.1. The second-order valence-corrected chi connectivity index (χ2v) is 6.05. The molecule has 0 fully saturated rings. The molecule has 0 unspecified atom stereocenters. The zero-order valence-corrected chi connectivity index (χ0v) is 12.6. The third-order valence-electron chi connectivity index (χ3n) is 3.04. The third-order valence-corrected chi connectivity index (χ3v) is 3.04. The van der Waals surface area contributed by atoms with Crippen molar-refractivity contribution >= 4 is 5.91 Å². The van der Waals surface area contributed by atoms with Gasteiger partial charge in [0.25, 0.3) is 5.91 Å². The van der Waals surface area contributed by atoms with Crippen molar-refractivity contribution in [1.82, 2.24) is 20.1 Å². The molecule has 1 heterocycles. The molecule has 1 N–H and O–H groups in total. The number of nitrogens with zero attached hydrogens (tertiary/aromatic N) is 3. The molecule has 2 rings (SSSR count). The smallest absolute Gasteiger partial charge is 0.293 e. The maximum Gasteiger partial charge on any atom is 0.293 e. The van der Waals surface area contributed by atoms with E-state index in [1.54, 1.807) is 19.2 Å². The first-order valence-corrected chi connectivity index (χ1v) is 6.70. The molecule has 1 amide bonds. The lowest BCUT2D eigenvalue weighted by atomic mass is 9.96. The van der Waals surface area contributed by atoms with Gasteiger partial charge in [-0.25, -0.2) is 9.37 Å². The largest absolute Gasteiger partial charge is 0.335 e. The van der Waals surface area contributed by atoms with Gasteiger partial charge in [0.15, 0.2) is 0 Å². The Morgan fingerprint density at radius 2 is 2.10 bits per heavy atom. The lowest BCUT2D eigenvalue weighted by Crippen LogP contribution is -2.27. The zero-order valence-electron chi connectivity index (χ0n) is 12.6. The van der Waals surface area contributed by atoms with Crippen molar-refractivity contribution in [2.45, 2.75) is 32.7 Å². The summed E-state index contributed by atoms with van der Waals surface area (Å²) in [6, 6.07) is 6.16. The quantitative estimate of drug-likeness (QED) is 0.944. The number of H-pyrrole nitrogens is 1. The lowest BCUT2D eigenvalue weighted by Gasteiger charge is -2.15. The summed E-state index contributed by atoms with van der Waals surface area (Å²) in [5.41, 5.74) is 0.518. The van der Waals surface area contributed by atoms with Crippen LogP contribution in [0.15, 0.2) is 24.3 Å². The lowest BCUT2D eigenvalue weighted by molar-refractivity contribution is 0.0773. The van der Waals surface area contributed by atoms with Crippen LogP contribution in [0.5, 0.6) is 0 Å². The number of nitrogens with one attached hydrogen (secondary N) is 1. The van der Waals surface area contributed by atoms with E-state index < -0.39 is 0 Å². The molecule has 0 spiro atoms. The number of hydrogen-bond donors (Lipinski definition) is 1. The molecule has 1 aromatic heterocycles. The number of carbonyl (C=O) groups excluding carboxylic acids is 1. The van der Waals surface area contributed by atoms with Gasteiger partial charge in [-0.05, 0) is 17.7 Å². The van der Waals surface area contributed by atoms with Crippen LogP contribution >= 0.6 is 0 Å². The van der Waals surface area contributed by atoms with Gasteiger partial charge >= 0.3 is 0 Å². The molecule has 0 saturated heterocycles. The fourth-order valence-corrected chi connectivity index (χ4v) is 1.84. The Kier molecular flexibility index (Phi) is 4.06. The molecule has 6 heteroatoms. The molecule has 1 aromatic carbocycles. The van der Waals surface area contributed by atoms with Crippen LogP contribution in [-0.4, -0.2) is 33.0 Å². The first kappa shape index (κ1) is 15.2. The standard InChI is InChI=1S/C15H19FN4O/c1-15(2,3)14-17-12(18-19-14)13(21)20(4)9-10-6-5-7-11(16)8-10/h5-8H,9H2,1-4H3,(H,17,18,19). The van der Waals surface area contributed by atoms with E-state index in [4.69, 9.17) is 0 Å². The van der Waals surface area contributed by atoms with Crippen molar-refractivity contribution in [3.8, 4) is 0 Å². The number of halogens is 1. The van der Waals surface area contributed by atoms with Gasteiger partial charge in [-0.2, -0.15) is 0 Å². The highest BCUT2D eigenvalue weighted by Crippen LogP contribution is 2.17. The Labute approximate surface area is 123 Å². The molecule has 112 valence electrons. The van der Waals surface area contributed by atoms with Gasteiger partial charge in [0.1, 0.15) is 11.6 Å². The number of amides is 1. The molecular weight excluding hydrogens is 271 g/mol. The molecule has 2 aromatic rings. The number of hydrogen-bond acceptors (Lipinski definition) is 3. The highest BCUT2D eigenvalue weighted by Gasteiger charge is 2.23. The van der Waals surface area contributed by atoms with Crippen molar-refractivity contribution in [2.75, 3.05) is 7.05 Å². The van der Waals surface area contributed by atoms with Gasteiger partial charge in [-0.15, -0.1) is 5.10 Å². The van der Waals surface area contributed by atoms with Crippen molar-refractivity contribution in [2.24, 2.45) is 0 Å². The normalized spacial score (nSPS) is 11.5. The van der Waals surface area contributed by atoms with Gasteiger partial charge in [-0.3, -0.25) is 9.89 Å². The van der Waals surface area contributed by atoms with E-state index in [-0.39, 0.29) is 23.0 Å². The first-order chi connectivity index (χ1) is 9.77. The van der Waals surface area contributed by atoms with Gasteiger partial charge in [0, 0.05) is 19.0 Å². The molecule has 5 nitrogen and oxygen atoms in total. The minimum absolute atomic E-state index is 0.124. The summed E-state index contributed by atoms with van der Waals surface area (Å²) in [4.78, 5) is 18.0. The van der Waals surface area contributed by atoms with Gasteiger partial charge in [0.2, 0.25) is 5.82 Å². The first-order valence-electron chi connectivity index (χ1n) is 6.70. The van der Waals surface area contributed by atoms with Crippen LogP contribution in [0.3, 0.4) is 0 Å². The SMILES string of the molecule is CN(Cc1cccc(F)c1)C(=O)c1n[nH]c(C(C)(C)C)n1. The second kappa shape index (κ2) is 5.63. The average molecular weight is 290 g/mol. The number of rotatable bonds is 3. The molecule has 0 radical (unpaired) electrons. The second-order valence-electron chi connectivity index (χ2n) is 6.05. The van der Waals surface area contributed by atoms with Crippen molar-refractivity contribution in [3.05, 3.63) is 47.3 Å². The molecule has 0 bridgehead atoms. The minimum atomic E-state index is -0.318. The summed E-state index contributed by atoms with van der Waals surface area (Å²) in [6.07, 6.45) is 0. The number of aromatic nitrogens is 3. The molecular formula is C15H19FN4O. The number of aromatic amines is 1. The summed E-state index contributed by atoms with van der Waals surface area (Å²) in [5.74, 6) is 0.163. The van der Waals surface area contributed by atoms with Crippen LogP contribution in [0, 0.1) is 5.82 Å². The summed E-state index contributed by atoms with van der Waals surface area (Å²) in [5, 5.41) is 6.75. The number of benzene rings is 1. The van der Waals surface area contributed by atoms with Crippen molar-refractivity contribution in [1.29, 1.82) is 0 Å². The van der Waals surface area contributed by atoms with E-state index in [2.05, 4.69) is 15.2 Å². The Hall–Kier alpha value is -2.24. The topological polar surface area (TPSA) is 61.9 Å². The molecule has 0 saturated carbocycles. The Morgan fingerprint density at radius 1 is 1.38 bits per heavy atom. The van der Waals surface area contributed by atoms with Crippen LogP contribution in [0.1, 0.15) is 42.8 Å². The van der Waals surface area contributed by atoms with E-state index >= 15 is 0 Å². The summed E-state index contributed by atoms with van der Waals surface area (Å²) >= 11 is 0. The zero-order chi connectivity index (χ0) is 15.6. The fourth-order valence-electron chi connectivity index (χ4n) is 1.84. The van der Waals surface area contributed by atoms with E-state index in [0.717, 1.165) is 5.56 Å². The maximum absolute atomic E-state index is 13.1. The predicted octanol–water partition coefficient (Wildman–Crippen LogP) is 2.51. The van der Waals surface area contributed by atoms with Crippen LogP contribution in [-0.2, 0) is 12.0 Å². The molecule has 21 heavy (non-hydrogen) atoms. The Bertz CT molecular complexity index is 645. The number of carbonyl (C=O) groups is 1. The fraction of sp³-hybridized carbons (Fsp3) is 0.400. The highest BCUT2D eigenvalue weighted by molar-refractivity contribution is 5.90. The van der Waals surface area contributed by atoms with E-state index in [1.165, 1.54) is 17.0 Å². The van der Waals surface area contributed by atoms with Crippen LogP contribution in [0.4, 0.5) is 4.39 Å². The molecule has 0 atom stereocenters. The monoisotopic (exact) mass is 290 g/mol. The van der Waals surface area contributed by atoms with E-state index in [1.807, 2.05) is 20.8 Å². The van der Waals surface area contributed by atoms with Gasteiger partial charge in [-0.1, -0.05) is 32.9 Å². The van der Waals surface area contributed by atoms with Crippen molar-refractivity contribution in [3.63, 3.8) is 0 Å². The minimum Gasteiger partial charge on any atom is -0.335 e. The molecule has 0 aliphatic rings. The van der Waals surface area contributed by atoms with Crippen LogP contribution in [0.2, 0.25) is 0 Å². The van der Waals surface area contributed by atoms with E-state index in [9.17, 15) is 9.18 Å². The summed E-state index contributed by atoms with van der Waals surface area (Å²) in [7, 11) is 1.64. The van der Waals surface area contributed by atoms with Gasteiger partial charge < -0.3 is 4.90 Å². The Balaban J connectivity index is 2.11. The predicted molar refractivity (Wildman–Crippen MR) is 77.3 cm³/mol. The third kappa shape index (κ3) is 3.65. The molecule has 0 aliphatic carbocycles. The van der Waals surface area contributed by atoms with Crippen molar-refractivity contribution < 1.29 is 9.18 Å². The maximum atomic E-state index is 13.1.